The van der Waals surface area contributed by atoms with Crippen molar-refractivity contribution in [1.82, 2.24) is 0 Å². The molecule has 1 aromatic rings. The standard InChI is InChI=1S/C31H56O12/c1-27(2)24-28-25-29(41-21-18-38-15-12-35-9-6-32-3)31(43-23-20-40-17-14-37-11-8-34-5)30(26-28)42-22-19-39-16-13-36-10-7-33-4/h25-27H,6-24H2,1-5H3. The van der Waals surface area contributed by atoms with Crippen molar-refractivity contribution in [3.8, 4) is 17.2 Å². The highest BCUT2D eigenvalue weighted by molar-refractivity contribution is 5.54. The number of hydrogen-bond acceptors (Lipinski definition) is 12. The second-order valence-corrected chi connectivity index (χ2v) is 9.72. The third-order valence-corrected chi connectivity index (χ3v) is 5.58. The van der Waals surface area contributed by atoms with Gasteiger partial charge in [-0.15, -0.1) is 0 Å². The van der Waals surface area contributed by atoms with Crippen molar-refractivity contribution in [1.29, 1.82) is 0 Å². The second kappa shape index (κ2) is 29.0. The predicted molar refractivity (Wildman–Crippen MR) is 162 cm³/mol. The highest BCUT2D eigenvalue weighted by atomic mass is 16.6. The largest absolute Gasteiger partial charge is 0.487 e. The van der Waals surface area contributed by atoms with Crippen LogP contribution < -0.4 is 14.2 Å². The molecule has 43 heavy (non-hydrogen) atoms. The Balaban J connectivity index is 2.73. The summed E-state index contributed by atoms with van der Waals surface area (Å²) in [4.78, 5) is 0. The fraction of sp³-hybridized carbons (Fsp3) is 0.806. The number of benzene rings is 1. The lowest BCUT2D eigenvalue weighted by Gasteiger charge is -2.19. The summed E-state index contributed by atoms with van der Waals surface area (Å²) < 4.78 is 66.6. The minimum atomic E-state index is 0.318. The van der Waals surface area contributed by atoms with Crippen molar-refractivity contribution in [2.75, 3.05) is 140 Å². The van der Waals surface area contributed by atoms with Gasteiger partial charge in [0, 0.05) is 21.3 Å². The van der Waals surface area contributed by atoms with Gasteiger partial charge in [-0.25, -0.2) is 0 Å². The average Bonchev–Trinajstić information content (AvgIpc) is 2.99. The van der Waals surface area contributed by atoms with Crippen molar-refractivity contribution < 1.29 is 56.8 Å². The monoisotopic (exact) mass is 620 g/mol. The summed E-state index contributed by atoms with van der Waals surface area (Å²) in [5, 5.41) is 0. The van der Waals surface area contributed by atoms with Crippen LogP contribution in [0.4, 0.5) is 0 Å². The normalized spacial score (nSPS) is 11.4. The molecule has 1 rings (SSSR count). The molecule has 0 saturated heterocycles. The maximum Gasteiger partial charge on any atom is 0.203 e. The Morgan fingerprint density at radius 3 is 1.05 bits per heavy atom. The van der Waals surface area contributed by atoms with Gasteiger partial charge in [0.1, 0.15) is 19.8 Å². The zero-order chi connectivity index (χ0) is 31.2. The lowest BCUT2D eigenvalue weighted by Crippen LogP contribution is -2.15. The zero-order valence-corrected chi connectivity index (χ0v) is 27.1. The maximum absolute atomic E-state index is 6.16. The van der Waals surface area contributed by atoms with Crippen LogP contribution in [0.25, 0.3) is 0 Å². The van der Waals surface area contributed by atoms with Gasteiger partial charge >= 0.3 is 0 Å². The van der Waals surface area contributed by atoms with Gasteiger partial charge in [-0.05, 0) is 30.0 Å². The van der Waals surface area contributed by atoms with E-state index in [1.54, 1.807) is 21.3 Å². The first-order valence-electron chi connectivity index (χ1n) is 15.1. The molecule has 1 aromatic carbocycles. The van der Waals surface area contributed by atoms with Crippen LogP contribution in [-0.2, 0) is 49.1 Å². The van der Waals surface area contributed by atoms with Crippen molar-refractivity contribution in [3.63, 3.8) is 0 Å². The van der Waals surface area contributed by atoms with Gasteiger partial charge in [0.05, 0.1) is 99.1 Å². The number of ether oxygens (including phenoxy) is 12. The van der Waals surface area contributed by atoms with Crippen LogP contribution in [0.2, 0.25) is 0 Å². The Morgan fingerprint density at radius 2 is 0.721 bits per heavy atom. The Hall–Kier alpha value is -1.74. The fourth-order valence-electron chi connectivity index (χ4n) is 3.59. The molecule has 12 heteroatoms. The minimum Gasteiger partial charge on any atom is -0.487 e. The minimum absolute atomic E-state index is 0.318. The van der Waals surface area contributed by atoms with E-state index in [-0.39, 0.29) is 0 Å². The van der Waals surface area contributed by atoms with Gasteiger partial charge in [0.25, 0.3) is 0 Å². The van der Waals surface area contributed by atoms with Crippen LogP contribution in [0.1, 0.15) is 19.4 Å². The summed E-state index contributed by atoms with van der Waals surface area (Å²) in [6.45, 7) is 12.8. The van der Waals surface area contributed by atoms with Gasteiger partial charge in [-0.3, -0.25) is 0 Å². The molecule has 0 atom stereocenters. The molecule has 0 amide bonds. The Morgan fingerprint density at radius 1 is 0.419 bits per heavy atom. The van der Waals surface area contributed by atoms with E-state index < -0.39 is 0 Å². The highest BCUT2D eigenvalue weighted by Crippen LogP contribution is 2.39. The molecule has 0 aliphatic heterocycles. The molecule has 0 aliphatic carbocycles. The molecule has 0 aromatic heterocycles. The van der Waals surface area contributed by atoms with E-state index in [1.165, 1.54) is 0 Å². The molecule has 0 aliphatic rings. The van der Waals surface area contributed by atoms with E-state index in [1.807, 2.05) is 12.1 Å². The third kappa shape index (κ3) is 22.4. The molecular formula is C31H56O12. The van der Waals surface area contributed by atoms with Crippen molar-refractivity contribution in [3.05, 3.63) is 17.7 Å². The van der Waals surface area contributed by atoms with Crippen LogP contribution in [0.15, 0.2) is 12.1 Å². The topological polar surface area (TPSA) is 111 Å². The van der Waals surface area contributed by atoms with E-state index in [4.69, 9.17) is 56.8 Å². The SMILES string of the molecule is COCCOCCOCCOc1cc(CC(C)C)cc(OCCOCCOCCOC)c1OCCOCCOCCOC. The summed E-state index contributed by atoms with van der Waals surface area (Å²) in [7, 11) is 4.93. The van der Waals surface area contributed by atoms with Gasteiger partial charge in [-0.2, -0.15) is 0 Å². The first-order chi connectivity index (χ1) is 21.1. The Labute approximate surface area is 258 Å². The number of hydrogen-bond donors (Lipinski definition) is 0. The second-order valence-electron chi connectivity index (χ2n) is 9.72. The summed E-state index contributed by atoms with van der Waals surface area (Å²) in [5.74, 6) is 2.18. The summed E-state index contributed by atoms with van der Waals surface area (Å²) in [6, 6.07) is 4.02. The first kappa shape index (κ1) is 39.3. The quantitative estimate of drug-likeness (QED) is 0.110. The van der Waals surface area contributed by atoms with E-state index >= 15 is 0 Å². The lowest BCUT2D eigenvalue weighted by atomic mass is 10.0. The predicted octanol–water partition coefficient (Wildman–Crippen LogP) is 3.06. The van der Waals surface area contributed by atoms with Crippen molar-refractivity contribution >= 4 is 0 Å². The van der Waals surface area contributed by atoms with E-state index in [9.17, 15) is 0 Å². The van der Waals surface area contributed by atoms with Crippen LogP contribution in [-0.4, -0.2) is 140 Å². The summed E-state index contributed by atoms with van der Waals surface area (Å²) in [6.07, 6.45) is 0.865. The molecular weight excluding hydrogens is 564 g/mol. The van der Waals surface area contributed by atoms with Gasteiger partial charge in [0.2, 0.25) is 5.75 Å². The first-order valence-corrected chi connectivity index (χ1v) is 15.1. The van der Waals surface area contributed by atoms with Crippen molar-refractivity contribution in [2.24, 2.45) is 5.92 Å². The number of methoxy groups -OCH3 is 3. The molecule has 0 unspecified atom stereocenters. The van der Waals surface area contributed by atoms with Gasteiger partial charge < -0.3 is 56.8 Å². The third-order valence-electron chi connectivity index (χ3n) is 5.58. The van der Waals surface area contributed by atoms with Gasteiger partial charge in [-0.1, -0.05) is 13.8 Å². The lowest BCUT2D eigenvalue weighted by molar-refractivity contribution is 0.0146. The van der Waals surface area contributed by atoms with Crippen LogP contribution >= 0.6 is 0 Å². The van der Waals surface area contributed by atoms with E-state index in [2.05, 4.69) is 13.8 Å². The zero-order valence-electron chi connectivity index (χ0n) is 27.1. The van der Waals surface area contributed by atoms with Crippen LogP contribution in [0.5, 0.6) is 17.2 Å². The molecule has 0 heterocycles. The Kier molecular flexibility index (Phi) is 26.5. The molecule has 0 fully saturated rings. The molecule has 0 bridgehead atoms. The summed E-state index contributed by atoms with van der Waals surface area (Å²) >= 11 is 0. The van der Waals surface area contributed by atoms with E-state index in [0.717, 1.165) is 12.0 Å². The number of rotatable bonds is 32. The molecule has 0 N–H and O–H groups in total. The average molecular weight is 621 g/mol. The Bertz CT molecular complexity index is 706. The van der Waals surface area contributed by atoms with Crippen molar-refractivity contribution in [2.45, 2.75) is 20.3 Å². The highest BCUT2D eigenvalue weighted by Gasteiger charge is 2.17. The molecule has 0 radical (unpaired) electrons. The van der Waals surface area contributed by atoms with E-state index in [0.29, 0.717) is 142 Å². The smallest absolute Gasteiger partial charge is 0.203 e. The molecule has 0 spiro atoms. The van der Waals surface area contributed by atoms with Crippen LogP contribution in [0.3, 0.4) is 0 Å². The van der Waals surface area contributed by atoms with Crippen LogP contribution in [0, 0.1) is 5.92 Å². The molecule has 252 valence electrons. The van der Waals surface area contributed by atoms with Gasteiger partial charge in [0.15, 0.2) is 11.5 Å². The molecule has 0 saturated carbocycles. The molecule has 12 nitrogen and oxygen atoms in total. The summed E-state index contributed by atoms with van der Waals surface area (Å²) in [5.41, 5.74) is 1.09. The fourth-order valence-corrected chi connectivity index (χ4v) is 3.59. The maximum atomic E-state index is 6.16.